The van der Waals surface area contributed by atoms with E-state index in [1.165, 1.54) is 20.0 Å². The van der Waals surface area contributed by atoms with Gasteiger partial charge in [0.05, 0.1) is 5.69 Å². The van der Waals surface area contributed by atoms with Crippen molar-refractivity contribution >= 4 is 0 Å². The zero-order chi connectivity index (χ0) is 27.2. The van der Waals surface area contributed by atoms with Gasteiger partial charge in [0.15, 0.2) is 0 Å². The molecule has 0 aliphatic rings. The highest BCUT2D eigenvalue weighted by molar-refractivity contribution is 5.71. The molecule has 2 heteroatoms. The second-order valence-corrected chi connectivity index (χ2v) is 7.02. The number of hydrogen-bond acceptors (Lipinski definition) is 1. The Hall–Kier alpha value is -3.13. The van der Waals surface area contributed by atoms with Crippen molar-refractivity contribution in [1.29, 1.82) is 0 Å². The first-order valence-corrected chi connectivity index (χ1v) is 9.50. The Kier molecular flexibility index (Phi) is 3.28. The maximum Gasteiger partial charge on any atom is 0.144 e. The predicted octanol–water partition coefficient (Wildman–Crippen LogP) is 7.45. The van der Waals surface area contributed by atoms with Crippen LogP contribution in [0.25, 0.3) is 28.2 Å². The summed E-state index contributed by atoms with van der Waals surface area (Å²) in [5.41, 5.74) is 2.30. The summed E-state index contributed by atoms with van der Waals surface area (Å²) in [4.78, 5) is 4.47. The molecule has 4 rings (SSSR count). The van der Waals surface area contributed by atoms with E-state index in [2.05, 4.69) is 4.98 Å². The highest BCUT2D eigenvalue weighted by atomic mass is 15.1. The van der Waals surface area contributed by atoms with Crippen molar-refractivity contribution in [3.05, 3.63) is 96.3 Å². The Morgan fingerprint density at radius 3 is 1.90 bits per heavy atom. The van der Waals surface area contributed by atoms with Crippen molar-refractivity contribution in [3.8, 4) is 28.2 Å². The van der Waals surface area contributed by atoms with Crippen LogP contribution >= 0.6 is 0 Å². The molecule has 0 N–H and O–H groups in total. The molecule has 0 saturated carbocycles. The predicted molar refractivity (Wildman–Crippen MR) is 123 cm³/mol. The third kappa shape index (κ3) is 3.75. The van der Waals surface area contributed by atoms with E-state index in [9.17, 15) is 0 Å². The molecule has 1 aromatic heterocycles. The van der Waals surface area contributed by atoms with Crippen molar-refractivity contribution in [2.45, 2.75) is 39.3 Å². The number of nitrogens with zero attached hydrogens (tertiary/aromatic N) is 2. The summed E-state index contributed by atoms with van der Waals surface area (Å²) in [7, 11) is 0. The van der Waals surface area contributed by atoms with Crippen LogP contribution in [0.5, 0.6) is 0 Å². The lowest BCUT2D eigenvalue weighted by Crippen LogP contribution is -2.08. The molecule has 2 unspecified atom stereocenters. The summed E-state index contributed by atoms with van der Waals surface area (Å²) in [6.45, 7) is -2.90. The Morgan fingerprint density at radius 2 is 1.34 bits per heavy atom. The molecular formula is C27H28N2. The molecule has 4 aromatic rings. The van der Waals surface area contributed by atoms with E-state index in [4.69, 9.17) is 11.0 Å². The van der Waals surface area contributed by atoms with E-state index in [0.717, 1.165) is 5.56 Å². The molecule has 0 radical (unpaired) electrons. The van der Waals surface area contributed by atoms with Crippen LogP contribution in [-0.4, -0.2) is 9.55 Å². The molecule has 1 heterocycles. The summed E-state index contributed by atoms with van der Waals surface area (Å²) in [6, 6.07) is 21.6. The zero-order valence-corrected chi connectivity index (χ0v) is 16.5. The molecule has 0 fully saturated rings. The molecule has 2 atom stereocenters. The smallest absolute Gasteiger partial charge is 0.144 e. The van der Waals surface area contributed by atoms with Crippen LogP contribution in [0.15, 0.2) is 85.2 Å². The van der Waals surface area contributed by atoms with Crippen LogP contribution in [0.2, 0.25) is 0 Å². The molecule has 3 aromatic carbocycles. The van der Waals surface area contributed by atoms with Gasteiger partial charge in [-0.15, -0.1) is 0 Å². The zero-order valence-electron chi connectivity index (χ0n) is 24.5. The van der Waals surface area contributed by atoms with Gasteiger partial charge in [-0.3, -0.25) is 4.57 Å². The van der Waals surface area contributed by atoms with Gasteiger partial charge in [0.25, 0.3) is 0 Å². The highest BCUT2D eigenvalue weighted by Gasteiger charge is 2.20. The van der Waals surface area contributed by atoms with Crippen molar-refractivity contribution in [2.24, 2.45) is 0 Å². The van der Waals surface area contributed by atoms with Gasteiger partial charge in [-0.25, -0.2) is 4.98 Å². The summed E-state index contributed by atoms with van der Waals surface area (Å²) in [5, 5.41) is 0. The Bertz CT molecular complexity index is 1340. The molecule has 146 valence electrons. The fraction of sp³-hybridized carbons (Fsp3) is 0.222. The lowest BCUT2D eigenvalue weighted by Gasteiger charge is -2.23. The fourth-order valence-corrected chi connectivity index (χ4v) is 3.55. The van der Waals surface area contributed by atoms with Gasteiger partial charge >= 0.3 is 0 Å². The van der Waals surface area contributed by atoms with Gasteiger partial charge in [-0.1, -0.05) is 88.2 Å². The topological polar surface area (TPSA) is 17.8 Å². The van der Waals surface area contributed by atoms with Crippen molar-refractivity contribution in [1.82, 2.24) is 9.55 Å². The summed E-state index contributed by atoms with van der Waals surface area (Å²) >= 11 is 0. The van der Waals surface area contributed by atoms with Crippen molar-refractivity contribution in [2.75, 3.05) is 0 Å². The van der Waals surface area contributed by atoms with Crippen molar-refractivity contribution in [3.63, 3.8) is 0 Å². The van der Waals surface area contributed by atoms with Gasteiger partial charge in [0.1, 0.15) is 5.82 Å². The van der Waals surface area contributed by atoms with E-state index in [0.29, 0.717) is 17.0 Å². The minimum atomic E-state index is -2.75. The Morgan fingerprint density at radius 1 is 0.793 bits per heavy atom. The largest absolute Gasteiger partial charge is 0.299 e. The van der Waals surface area contributed by atoms with E-state index in [1.807, 2.05) is 60.7 Å². The highest BCUT2D eigenvalue weighted by Crippen LogP contribution is 2.37. The quantitative estimate of drug-likeness (QED) is 0.347. The van der Waals surface area contributed by atoms with E-state index in [1.54, 1.807) is 22.9 Å². The molecule has 0 aliphatic carbocycles. The molecule has 29 heavy (non-hydrogen) atoms. The molecule has 0 spiro atoms. The Labute approximate surface area is 185 Å². The SMILES string of the molecule is [2H]C([2H])([2H])C([2H])(C)c1cc(-c2ccccc2)cc(C([2H])(C)C([2H])([2H])[2H])c1-n1ccnc1-c1ccccc1. The molecule has 0 aliphatic heterocycles. The van der Waals surface area contributed by atoms with Gasteiger partial charge in [0.2, 0.25) is 0 Å². The van der Waals surface area contributed by atoms with E-state index in [-0.39, 0.29) is 16.8 Å². The van der Waals surface area contributed by atoms with Gasteiger partial charge in [0, 0.05) is 28.9 Å². The third-order valence-electron chi connectivity index (χ3n) is 4.94. The maximum absolute atomic E-state index is 9.06. The monoisotopic (exact) mass is 388 g/mol. The summed E-state index contributed by atoms with van der Waals surface area (Å²) < 4.78 is 68.9. The molecule has 0 amide bonds. The van der Waals surface area contributed by atoms with Crippen LogP contribution in [0, 0.1) is 0 Å². The number of aromatic nitrogens is 2. The maximum atomic E-state index is 9.06. The second-order valence-electron chi connectivity index (χ2n) is 7.02. The van der Waals surface area contributed by atoms with E-state index < -0.39 is 25.5 Å². The first-order chi connectivity index (χ1) is 17.2. The molecule has 0 saturated heterocycles. The van der Waals surface area contributed by atoms with Gasteiger partial charge < -0.3 is 0 Å². The van der Waals surface area contributed by atoms with Crippen molar-refractivity contribution < 1.29 is 11.0 Å². The first-order valence-electron chi connectivity index (χ1n) is 13.5. The average Bonchev–Trinajstić information content (AvgIpc) is 3.32. The van der Waals surface area contributed by atoms with Crippen LogP contribution in [0.4, 0.5) is 0 Å². The van der Waals surface area contributed by atoms with Gasteiger partial charge in [-0.05, 0) is 46.2 Å². The number of imidazole rings is 1. The number of hydrogen-bond donors (Lipinski definition) is 0. The van der Waals surface area contributed by atoms with Gasteiger partial charge in [-0.2, -0.15) is 0 Å². The minimum Gasteiger partial charge on any atom is -0.299 e. The Balaban J connectivity index is 2.19. The van der Waals surface area contributed by atoms with Crippen LogP contribution < -0.4 is 0 Å². The normalized spacial score (nSPS) is 20.3. The first kappa shape index (κ1) is 11.8. The summed E-state index contributed by atoms with van der Waals surface area (Å²) in [6.07, 6.45) is 3.15. The molecule has 2 nitrogen and oxygen atoms in total. The van der Waals surface area contributed by atoms with Crippen LogP contribution in [0.1, 0.15) is 61.4 Å². The van der Waals surface area contributed by atoms with Crippen LogP contribution in [0.3, 0.4) is 0 Å². The van der Waals surface area contributed by atoms with E-state index >= 15 is 0 Å². The van der Waals surface area contributed by atoms with Crippen LogP contribution in [-0.2, 0) is 0 Å². The summed E-state index contributed by atoms with van der Waals surface area (Å²) in [5.74, 6) is -3.83. The minimum absolute atomic E-state index is 0.0850. The fourth-order valence-electron chi connectivity index (χ4n) is 3.55. The lowest BCUT2D eigenvalue weighted by atomic mass is 9.88. The lowest BCUT2D eigenvalue weighted by molar-refractivity contribution is 0.807. The molecular weight excluding hydrogens is 352 g/mol. The number of rotatable bonds is 5. The molecule has 0 bridgehead atoms. The standard InChI is InChI=1S/C27H28N2/c1-19(2)24-17-23(21-11-7-5-8-12-21)18-25(20(3)4)26(24)29-16-15-28-27(29)22-13-9-6-10-14-22/h5-20H,1-4H3/i1D3,3D3,19D,20D. The second kappa shape index (κ2) is 8.08. The third-order valence-corrected chi connectivity index (χ3v) is 4.94. The number of benzene rings is 3. The average molecular weight is 389 g/mol.